The quantitative estimate of drug-likeness (QED) is 0.654. The SMILES string of the molecule is Cc1cc(C)nc(Nc2cccc(C(=O)Nc3ccccc3C(F)(F)F)c2)n1. The van der Waals surface area contributed by atoms with E-state index in [0.29, 0.717) is 11.6 Å². The van der Waals surface area contributed by atoms with Gasteiger partial charge in [-0.25, -0.2) is 9.97 Å². The Balaban J connectivity index is 1.82. The van der Waals surface area contributed by atoms with Gasteiger partial charge >= 0.3 is 6.18 Å². The minimum atomic E-state index is -4.56. The minimum absolute atomic E-state index is 0.200. The molecule has 0 aliphatic rings. The highest BCUT2D eigenvalue weighted by Gasteiger charge is 2.33. The Bertz CT molecular complexity index is 998. The maximum absolute atomic E-state index is 13.1. The second kappa shape index (κ2) is 7.67. The van der Waals surface area contributed by atoms with E-state index in [4.69, 9.17) is 0 Å². The molecular formula is C20H17F3N4O. The van der Waals surface area contributed by atoms with Crippen molar-refractivity contribution in [3.8, 4) is 0 Å². The lowest BCUT2D eigenvalue weighted by molar-refractivity contribution is -0.136. The Labute approximate surface area is 159 Å². The molecule has 3 aromatic rings. The van der Waals surface area contributed by atoms with Gasteiger partial charge in [0.1, 0.15) is 0 Å². The number of aryl methyl sites for hydroxylation is 2. The number of nitrogens with zero attached hydrogens (tertiary/aromatic N) is 2. The van der Waals surface area contributed by atoms with Crippen LogP contribution in [0, 0.1) is 13.8 Å². The molecule has 28 heavy (non-hydrogen) atoms. The highest BCUT2D eigenvalue weighted by atomic mass is 19.4. The van der Waals surface area contributed by atoms with Crippen molar-refractivity contribution in [1.82, 2.24) is 9.97 Å². The average molecular weight is 386 g/mol. The summed E-state index contributed by atoms with van der Waals surface area (Å²) in [6, 6.07) is 13.0. The largest absolute Gasteiger partial charge is 0.418 e. The first-order valence-corrected chi connectivity index (χ1v) is 8.39. The molecule has 0 saturated carbocycles. The molecule has 0 atom stereocenters. The van der Waals surface area contributed by atoms with Gasteiger partial charge < -0.3 is 10.6 Å². The van der Waals surface area contributed by atoms with E-state index in [-0.39, 0.29) is 11.3 Å². The summed E-state index contributed by atoms with van der Waals surface area (Å²) in [5, 5.41) is 5.32. The molecule has 5 nitrogen and oxygen atoms in total. The molecule has 8 heteroatoms. The first-order chi connectivity index (χ1) is 13.2. The lowest BCUT2D eigenvalue weighted by Gasteiger charge is -2.14. The Morgan fingerprint density at radius 3 is 2.29 bits per heavy atom. The molecule has 0 fully saturated rings. The van der Waals surface area contributed by atoms with Crippen molar-refractivity contribution in [2.75, 3.05) is 10.6 Å². The number of rotatable bonds is 4. The number of carbonyl (C=O) groups is 1. The third kappa shape index (κ3) is 4.64. The molecule has 0 saturated heterocycles. The minimum Gasteiger partial charge on any atom is -0.324 e. The smallest absolute Gasteiger partial charge is 0.324 e. The molecule has 0 aliphatic carbocycles. The molecule has 1 aromatic heterocycles. The van der Waals surface area contributed by atoms with Gasteiger partial charge in [0.05, 0.1) is 11.3 Å². The molecule has 1 amide bonds. The molecule has 144 valence electrons. The summed E-state index contributed by atoms with van der Waals surface area (Å²) in [5.41, 5.74) is 1.12. The monoisotopic (exact) mass is 386 g/mol. The third-order valence-corrected chi connectivity index (χ3v) is 3.84. The molecule has 0 bridgehead atoms. The second-order valence-corrected chi connectivity index (χ2v) is 6.18. The van der Waals surface area contributed by atoms with Gasteiger partial charge in [0.25, 0.3) is 5.91 Å². The van der Waals surface area contributed by atoms with Crippen molar-refractivity contribution in [2.45, 2.75) is 20.0 Å². The average Bonchev–Trinajstić information content (AvgIpc) is 2.60. The van der Waals surface area contributed by atoms with Crippen molar-refractivity contribution in [2.24, 2.45) is 0 Å². The van der Waals surface area contributed by atoms with Crippen LogP contribution in [0.4, 0.5) is 30.5 Å². The Hall–Kier alpha value is -3.42. The van der Waals surface area contributed by atoms with Crippen molar-refractivity contribution in [3.63, 3.8) is 0 Å². The highest BCUT2D eigenvalue weighted by molar-refractivity contribution is 6.05. The molecule has 0 unspecified atom stereocenters. The normalized spacial score (nSPS) is 11.2. The lowest BCUT2D eigenvalue weighted by atomic mass is 10.1. The fourth-order valence-electron chi connectivity index (χ4n) is 2.68. The van der Waals surface area contributed by atoms with Gasteiger partial charge in [-0.05, 0) is 50.2 Å². The number of aromatic nitrogens is 2. The first-order valence-electron chi connectivity index (χ1n) is 8.39. The standard InChI is InChI=1S/C20H17F3N4O/c1-12-10-13(2)25-19(24-12)26-15-7-5-6-14(11-15)18(28)27-17-9-4-3-8-16(17)20(21,22)23/h3-11H,1-2H3,(H,27,28)(H,24,25,26). The van der Waals surface area contributed by atoms with E-state index in [9.17, 15) is 18.0 Å². The summed E-state index contributed by atoms with van der Waals surface area (Å²) in [6.45, 7) is 3.67. The molecule has 2 N–H and O–H groups in total. The number of para-hydroxylation sites is 1. The second-order valence-electron chi connectivity index (χ2n) is 6.18. The van der Waals surface area contributed by atoms with E-state index in [1.807, 2.05) is 19.9 Å². The van der Waals surface area contributed by atoms with E-state index in [0.717, 1.165) is 17.5 Å². The van der Waals surface area contributed by atoms with Gasteiger partial charge in [-0.1, -0.05) is 18.2 Å². The number of nitrogens with one attached hydrogen (secondary N) is 2. The van der Waals surface area contributed by atoms with Crippen LogP contribution in [0.5, 0.6) is 0 Å². The molecule has 2 aromatic carbocycles. The molecule has 1 heterocycles. The first kappa shape index (κ1) is 19.3. The van der Waals surface area contributed by atoms with Crippen LogP contribution in [0.2, 0.25) is 0 Å². The van der Waals surface area contributed by atoms with E-state index >= 15 is 0 Å². The fraction of sp³-hybridized carbons (Fsp3) is 0.150. The van der Waals surface area contributed by atoms with Crippen LogP contribution in [0.1, 0.15) is 27.3 Å². The molecule has 0 aliphatic heterocycles. The van der Waals surface area contributed by atoms with E-state index in [1.54, 1.807) is 12.1 Å². The summed E-state index contributed by atoms with van der Waals surface area (Å²) in [5.74, 6) is -0.279. The van der Waals surface area contributed by atoms with Gasteiger partial charge in [0.15, 0.2) is 0 Å². The zero-order valence-electron chi connectivity index (χ0n) is 15.1. The van der Waals surface area contributed by atoms with Crippen LogP contribution in [-0.2, 0) is 6.18 Å². The summed E-state index contributed by atoms with van der Waals surface area (Å²) in [6.07, 6.45) is -4.56. The van der Waals surface area contributed by atoms with Crippen LogP contribution in [0.3, 0.4) is 0 Å². The van der Waals surface area contributed by atoms with Crippen LogP contribution < -0.4 is 10.6 Å². The number of hydrogen-bond donors (Lipinski definition) is 2. The molecule has 0 radical (unpaired) electrons. The number of carbonyl (C=O) groups excluding carboxylic acids is 1. The summed E-state index contributed by atoms with van der Waals surface area (Å²) in [7, 11) is 0. The predicted molar refractivity (Wildman–Crippen MR) is 101 cm³/mol. The van der Waals surface area contributed by atoms with Gasteiger partial charge in [-0.2, -0.15) is 13.2 Å². The van der Waals surface area contributed by atoms with Crippen molar-refractivity contribution < 1.29 is 18.0 Å². The zero-order valence-corrected chi connectivity index (χ0v) is 15.1. The number of amides is 1. The van der Waals surface area contributed by atoms with Gasteiger partial charge in [-0.15, -0.1) is 0 Å². The summed E-state index contributed by atoms with van der Waals surface area (Å²) in [4.78, 5) is 21.0. The van der Waals surface area contributed by atoms with Gasteiger partial charge in [0.2, 0.25) is 5.95 Å². The third-order valence-electron chi connectivity index (χ3n) is 3.84. The number of halogens is 3. The van der Waals surface area contributed by atoms with Crippen LogP contribution in [0.25, 0.3) is 0 Å². The van der Waals surface area contributed by atoms with Crippen LogP contribution in [-0.4, -0.2) is 15.9 Å². The Morgan fingerprint density at radius 1 is 0.929 bits per heavy atom. The fourth-order valence-corrected chi connectivity index (χ4v) is 2.68. The van der Waals surface area contributed by atoms with Crippen molar-refractivity contribution >= 4 is 23.2 Å². The highest BCUT2D eigenvalue weighted by Crippen LogP contribution is 2.34. The van der Waals surface area contributed by atoms with Gasteiger partial charge in [-0.3, -0.25) is 4.79 Å². The molecule has 0 spiro atoms. The topological polar surface area (TPSA) is 66.9 Å². The summed E-state index contributed by atoms with van der Waals surface area (Å²) >= 11 is 0. The molecule has 3 rings (SSSR count). The number of hydrogen-bond acceptors (Lipinski definition) is 4. The van der Waals surface area contributed by atoms with Crippen molar-refractivity contribution in [1.29, 1.82) is 0 Å². The molecular weight excluding hydrogens is 369 g/mol. The van der Waals surface area contributed by atoms with E-state index in [2.05, 4.69) is 20.6 Å². The van der Waals surface area contributed by atoms with Crippen molar-refractivity contribution in [3.05, 3.63) is 77.1 Å². The van der Waals surface area contributed by atoms with Crippen LogP contribution >= 0.6 is 0 Å². The maximum Gasteiger partial charge on any atom is 0.418 e. The van der Waals surface area contributed by atoms with E-state index in [1.165, 1.54) is 30.3 Å². The van der Waals surface area contributed by atoms with Crippen LogP contribution in [0.15, 0.2) is 54.6 Å². The zero-order chi connectivity index (χ0) is 20.3. The summed E-state index contributed by atoms with van der Waals surface area (Å²) < 4.78 is 39.3. The lowest BCUT2D eigenvalue weighted by Crippen LogP contribution is -2.16. The maximum atomic E-state index is 13.1. The predicted octanol–water partition coefficient (Wildman–Crippen LogP) is 5.11. The number of anilines is 3. The Morgan fingerprint density at radius 2 is 1.61 bits per heavy atom. The van der Waals surface area contributed by atoms with E-state index < -0.39 is 17.6 Å². The Kier molecular flexibility index (Phi) is 5.30. The number of benzene rings is 2. The van der Waals surface area contributed by atoms with Gasteiger partial charge in [0, 0.05) is 22.6 Å². The number of alkyl halides is 3.